The fourth-order valence-corrected chi connectivity index (χ4v) is 5.83. The first kappa shape index (κ1) is 16.0. The largest absolute Gasteiger partial charge is 0.476 e. The van der Waals surface area contributed by atoms with E-state index >= 15 is 0 Å². The van der Waals surface area contributed by atoms with Crippen LogP contribution < -0.4 is 0 Å². The Balaban J connectivity index is 2.14. The predicted molar refractivity (Wildman–Crippen MR) is 94.5 cm³/mol. The van der Waals surface area contributed by atoms with Crippen molar-refractivity contribution in [3.8, 4) is 16.9 Å². The first-order valence-corrected chi connectivity index (χ1v) is 9.77. The molecule has 0 amide bonds. The molecule has 0 atom stereocenters. The predicted octanol–water partition coefficient (Wildman–Crippen LogP) is 3.29. The first-order chi connectivity index (χ1) is 11.9. The first-order valence-electron chi connectivity index (χ1n) is 7.32. The standard InChI is InChI=1S/C17H11BrN2O4S/c18-13-8-4-7-11-15-12(9-25(23,24)16(11)13)14(17(21)22)19-20(15)10-5-2-1-3-6-10/h1-8H,9H2,(H,21,22). The van der Waals surface area contributed by atoms with E-state index in [1.54, 1.807) is 30.3 Å². The van der Waals surface area contributed by atoms with E-state index < -0.39 is 21.6 Å². The molecule has 126 valence electrons. The Morgan fingerprint density at radius 3 is 2.52 bits per heavy atom. The minimum Gasteiger partial charge on any atom is -0.476 e. The number of hydrogen-bond donors (Lipinski definition) is 1. The van der Waals surface area contributed by atoms with Crippen molar-refractivity contribution in [3.63, 3.8) is 0 Å². The molecule has 2 aromatic carbocycles. The van der Waals surface area contributed by atoms with Crippen LogP contribution in [-0.4, -0.2) is 29.3 Å². The van der Waals surface area contributed by atoms with Crippen molar-refractivity contribution in [1.29, 1.82) is 0 Å². The zero-order valence-corrected chi connectivity index (χ0v) is 15.1. The lowest BCUT2D eigenvalue weighted by molar-refractivity contribution is 0.0689. The highest BCUT2D eigenvalue weighted by molar-refractivity contribution is 9.10. The van der Waals surface area contributed by atoms with Crippen LogP contribution >= 0.6 is 15.9 Å². The van der Waals surface area contributed by atoms with E-state index in [9.17, 15) is 18.3 Å². The summed E-state index contributed by atoms with van der Waals surface area (Å²) >= 11 is 3.30. The van der Waals surface area contributed by atoms with Crippen molar-refractivity contribution in [3.05, 3.63) is 64.3 Å². The summed E-state index contributed by atoms with van der Waals surface area (Å²) in [4.78, 5) is 11.8. The monoisotopic (exact) mass is 418 g/mol. The van der Waals surface area contributed by atoms with E-state index in [1.165, 1.54) is 4.68 Å². The van der Waals surface area contributed by atoms with Crippen LogP contribution in [0.15, 0.2) is 57.9 Å². The van der Waals surface area contributed by atoms with Crippen LogP contribution in [0.1, 0.15) is 16.1 Å². The van der Waals surface area contributed by atoms with Crippen LogP contribution in [0.3, 0.4) is 0 Å². The molecular formula is C17H11BrN2O4S. The van der Waals surface area contributed by atoms with Crippen molar-refractivity contribution in [2.24, 2.45) is 0 Å². The number of nitrogens with zero attached hydrogens (tertiary/aromatic N) is 2. The molecule has 0 saturated heterocycles. The van der Waals surface area contributed by atoms with Gasteiger partial charge in [0.05, 0.1) is 22.0 Å². The molecule has 0 spiro atoms. The van der Waals surface area contributed by atoms with Gasteiger partial charge in [-0.2, -0.15) is 5.10 Å². The summed E-state index contributed by atoms with van der Waals surface area (Å²) in [6, 6.07) is 14.1. The molecule has 3 aromatic rings. The number of fused-ring (bicyclic) bond motifs is 3. The lowest BCUT2D eigenvalue weighted by Crippen LogP contribution is -2.16. The fourth-order valence-electron chi connectivity index (χ4n) is 3.07. The summed E-state index contributed by atoms with van der Waals surface area (Å²) in [7, 11) is -3.67. The van der Waals surface area contributed by atoms with E-state index in [0.29, 0.717) is 21.4 Å². The van der Waals surface area contributed by atoms with E-state index in [1.807, 2.05) is 18.2 Å². The molecule has 1 aliphatic rings. The summed E-state index contributed by atoms with van der Waals surface area (Å²) in [5.74, 6) is -1.65. The highest BCUT2D eigenvalue weighted by Crippen LogP contribution is 2.43. The van der Waals surface area contributed by atoms with Crippen LogP contribution in [0, 0.1) is 0 Å². The van der Waals surface area contributed by atoms with Gasteiger partial charge in [-0.25, -0.2) is 17.9 Å². The van der Waals surface area contributed by atoms with Crippen LogP contribution in [0.2, 0.25) is 0 Å². The highest BCUT2D eigenvalue weighted by Gasteiger charge is 2.37. The second kappa shape index (κ2) is 5.53. The van der Waals surface area contributed by atoms with Gasteiger partial charge in [0.1, 0.15) is 0 Å². The van der Waals surface area contributed by atoms with Crippen molar-refractivity contribution >= 4 is 31.7 Å². The van der Waals surface area contributed by atoms with Crippen LogP contribution in [0.4, 0.5) is 0 Å². The Morgan fingerprint density at radius 2 is 1.84 bits per heavy atom. The van der Waals surface area contributed by atoms with Gasteiger partial charge in [0.25, 0.3) is 0 Å². The van der Waals surface area contributed by atoms with Crippen LogP contribution in [0.25, 0.3) is 16.9 Å². The number of halogens is 1. The average molecular weight is 419 g/mol. The fraction of sp³-hybridized carbons (Fsp3) is 0.0588. The maximum Gasteiger partial charge on any atom is 0.356 e. The molecule has 0 bridgehead atoms. The average Bonchev–Trinajstić information content (AvgIpc) is 2.94. The maximum atomic E-state index is 12.7. The molecule has 6 nitrogen and oxygen atoms in total. The molecule has 8 heteroatoms. The Labute approximate surface area is 151 Å². The van der Waals surface area contributed by atoms with Gasteiger partial charge < -0.3 is 5.11 Å². The highest BCUT2D eigenvalue weighted by atomic mass is 79.9. The Kier molecular flexibility index (Phi) is 3.55. The SMILES string of the molecule is O=C(O)c1nn(-c2ccccc2)c2c1CS(=O)(=O)c1c(Br)cccc1-2. The third kappa shape index (κ3) is 2.40. The molecule has 0 saturated carbocycles. The van der Waals surface area contributed by atoms with Crippen molar-refractivity contribution in [1.82, 2.24) is 9.78 Å². The molecular weight excluding hydrogens is 408 g/mol. The molecule has 1 aromatic heterocycles. The Hall–Kier alpha value is -2.45. The van der Waals surface area contributed by atoms with Gasteiger partial charge in [0.15, 0.2) is 15.5 Å². The van der Waals surface area contributed by atoms with Crippen LogP contribution in [-0.2, 0) is 15.6 Å². The quantitative estimate of drug-likeness (QED) is 0.689. The smallest absolute Gasteiger partial charge is 0.356 e. The summed E-state index contributed by atoms with van der Waals surface area (Å²) in [5, 5.41) is 13.7. The minimum atomic E-state index is -3.67. The zero-order chi connectivity index (χ0) is 17.8. The topological polar surface area (TPSA) is 89.3 Å². The Bertz CT molecular complexity index is 1120. The molecule has 1 N–H and O–H groups in total. The van der Waals surface area contributed by atoms with E-state index in [-0.39, 0.29) is 16.2 Å². The molecule has 4 rings (SSSR count). The van der Waals surface area contributed by atoms with Gasteiger partial charge in [-0.3, -0.25) is 0 Å². The zero-order valence-electron chi connectivity index (χ0n) is 12.7. The molecule has 1 aliphatic heterocycles. The van der Waals surface area contributed by atoms with E-state index in [2.05, 4.69) is 21.0 Å². The van der Waals surface area contributed by atoms with E-state index in [4.69, 9.17) is 0 Å². The van der Waals surface area contributed by atoms with Crippen LogP contribution in [0.5, 0.6) is 0 Å². The number of sulfone groups is 1. The molecule has 0 unspecified atom stereocenters. The lowest BCUT2D eigenvalue weighted by atomic mass is 10.1. The number of rotatable bonds is 2. The molecule has 0 radical (unpaired) electrons. The lowest BCUT2D eigenvalue weighted by Gasteiger charge is -2.20. The summed E-state index contributed by atoms with van der Waals surface area (Å²) in [6.07, 6.45) is 0. The molecule has 0 fully saturated rings. The summed E-state index contributed by atoms with van der Waals surface area (Å²) < 4.78 is 27.4. The Morgan fingerprint density at radius 1 is 1.12 bits per heavy atom. The number of benzene rings is 2. The van der Waals surface area contributed by atoms with Gasteiger partial charge >= 0.3 is 5.97 Å². The maximum absolute atomic E-state index is 12.7. The van der Waals surface area contributed by atoms with Crippen molar-refractivity contribution in [2.45, 2.75) is 10.6 Å². The summed E-state index contributed by atoms with van der Waals surface area (Å²) in [5.41, 5.74) is 1.57. The molecule has 2 heterocycles. The van der Waals surface area contributed by atoms with Crippen molar-refractivity contribution in [2.75, 3.05) is 0 Å². The van der Waals surface area contributed by atoms with Gasteiger partial charge in [-0.05, 0) is 34.1 Å². The second-order valence-electron chi connectivity index (χ2n) is 5.60. The van der Waals surface area contributed by atoms with Crippen molar-refractivity contribution < 1.29 is 18.3 Å². The third-order valence-corrected chi connectivity index (χ3v) is 6.71. The number of carbonyl (C=O) groups is 1. The molecule has 0 aliphatic carbocycles. The minimum absolute atomic E-state index is 0.163. The van der Waals surface area contributed by atoms with Gasteiger partial charge in [0, 0.05) is 15.6 Å². The number of aromatic carboxylic acids is 1. The van der Waals surface area contributed by atoms with Gasteiger partial charge in [-0.15, -0.1) is 0 Å². The number of carboxylic acid groups (broad SMARTS) is 1. The summed E-state index contributed by atoms with van der Waals surface area (Å²) in [6.45, 7) is 0. The number of hydrogen-bond acceptors (Lipinski definition) is 4. The van der Waals surface area contributed by atoms with Gasteiger partial charge in [-0.1, -0.05) is 30.3 Å². The van der Waals surface area contributed by atoms with E-state index in [0.717, 1.165) is 0 Å². The third-order valence-electron chi connectivity index (χ3n) is 4.05. The number of carboxylic acids is 1. The molecule has 25 heavy (non-hydrogen) atoms. The normalized spacial score (nSPS) is 14.6. The number of para-hydroxylation sites is 1. The second-order valence-corrected chi connectivity index (χ2v) is 8.38. The number of aromatic nitrogens is 2. The van der Waals surface area contributed by atoms with Gasteiger partial charge in [0.2, 0.25) is 0 Å².